The summed E-state index contributed by atoms with van der Waals surface area (Å²) in [5.41, 5.74) is 2.31. The van der Waals surface area contributed by atoms with Crippen LogP contribution >= 0.6 is 0 Å². The van der Waals surface area contributed by atoms with Crippen molar-refractivity contribution in [3.05, 3.63) is 59.2 Å². The summed E-state index contributed by atoms with van der Waals surface area (Å²) in [6, 6.07) is 12.2. The molecule has 2 rings (SSSR count). The molecule has 0 aliphatic rings. The Morgan fingerprint density at radius 2 is 1.86 bits per heavy atom. The second-order valence-corrected chi connectivity index (χ2v) is 4.44. The van der Waals surface area contributed by atoms with Crippen molar-refractivity contribution in [2.24, 2.45) is 10.9 Å². The highest BCUT2D eigenvalue weighted by Crippen LogP contribution is 2.28. The minimum atomic E-state index is -0.437. The molecule has 0 aromatic heterocycles. The van der Waals surface area contributed by atoms with E-state index in [9.17, 15) is 4.79 Å². The van der Waals surface area contributed by atoms with Crippen LogP contribution in [-0.4, -0.2) is 19.3 Å². The van der Waals surface area contributed by atoms with Crippen LogP contribution in [-0.2, 0) is 0 Å². The normalized spacial score (nSPS) is 10.6. The van der Waals surface area contributed by atoms with E-state index in [1.165, 1.54) is 13.3 Å². The topological polar surface area (TPSA) is 73.9 Å². The quantitative estimate of drug-likeness (QED) is 0.308. The molecular weight excluding hydrogens is 268 g/mol. The molecule has 0 amide bonds. The van der Waals surface area contributed by atoms with Gasteiger partial charge in [-0.3, -0.25) is 0 Å². The number of carbonyl (C=O) groups is 1. The summed E-state index contributed by atoms with van der Waals surface area (Å²) in [6.45, 7) is 1.95. The highest BCUT2D eigenvalue weighted by molar-refractivity contribution is 5.91. The molecule has 0 radical (unpaired) electrons. The van der Waals surface area contributed by atoms with Crippen molar-refractivity contribution < 1.29 is 14.3 Å². The van der Waals surface area contributed by atoms with Crippen molar-refractivity contribution >= 4 is 12.2 Å². The summed E-state index contributed by atoms with van der Waals surface area (Å²) < 4.78 is 10.6. The molecule has 5 nitrogen and oxygen atoms in total. The predicted molar refractivity (Wildman–Crippen MR) is 80.9 cm³/mol. The van der Waals surface area contributed by atoms with E-state index in [0.29, 0.717) is 17.1 Å². The number of aryl methyl sites for hydroxylation is 1. The fourth-order valence-corrected chi connectivity index (χ4v) is 1.78. The lowest BCUT2D eigenvalue weighted by Gasteiger charge is -2.10. The zero-order valence-corrected chi connectivity index (χ0v) is 11.9. The van der Waals surface area contributed by atoms with Gasteiger partial charge in [-0.1, -0.05) is 17.7 Å². The van der Waals surface area contributed by atoms with Crippen LogP contribution in [0.15, 0.2) is 47.6 Å². The molecule has 2 aromatic rings. The predicted octanol–water partition coefficient (Wildman–Crippen LogP) is 2.52. The Hall–Kier alpha value is -2.82. The lowest BCUT2D eigenvalue weighted by Crippen LogP contribution is -2.09. The molecule has 0 atom stereocenters. The van der Waals surface area contributed by atoms with Gasteiger partial charge in [0.25, 0.3) is 0 Å². The molecule has 0 unspecified atom stereocenters. The summed E-state index contributed by atoms with van der Waals surface area (Å²) in [6.07, 6.45) is 1.48. The number of hydrogen-bond acceptors (Lipinski definition) is 5. The minimum Gasteiger partial charge on any atom is -0.493 e. The third-order valence-electron chi connectivity index (χ3n) is 2.90. The minimum absolute atomic E-state index is 0.345. The summed E-state index contributed by atoms with van der Waals surface area (Å²) in [5, 5.41) is 3.44. The number of rotatable bonds is 4. The highest BCUT2D eigenvalue weighted by Gasteiger charge is 2.12. The van der Waals surface area contributed by atoms with Crippen molar-refractivity contribution in [1.29, 1.82) is 0 Å². The Morgan fingerprint density at radius 3 is 2.48 bits per heavy atom. The van der Waals surface area contributed by atoms with Crippen molar-refractivity contribution in [3.63, 3.8) is 0 Å². The number of nitrogens with zero attached hydrogens (tertiary/aromatic N) is 1. The first-order valence-electron chi connectivity index (χ1n) is 6.34. The Labute approximate surface area is 123 Å². The average molecular weight is 284 g/mol. The van der Waals surface area contributed by atoms with E-state index in [0.717, 1.165) is 11.1 Å². The molecular formula is C16H16N2O3. The van der Waals surface area contributed by atoms with Gasteiger partial charge in [0.05, 0.1) is 18.9 Å². The van der Waals surface area contributed by atoms with Gasteiger partial charge in [-0.15, -0.1) is 0 Å². The van der Waals surface area contributed by atoms with Crippen LogP contribution in [0.5, 0.6) is 11.5 Å². The maximum Gasteiger partial charge on any atom is 0.343 e. The number of hydrazone groups is 1. The van der Waals surface area contributed by atoms with Gasteiger partial charge in [-0.25, -0.2) is 4.79 Å². The number of nitrogens with two attached hydrogens (primary N) is 1. The number of benzene rings is 2. The maximum absolute atomic E-state index is 12.1. The third-order valence-corrected chi connectivity index (χ3v) is 2.90. The second-order valence-electron chi connectivity index (χ2n) is 4.44. The van der Waals surface area contributed by atoms with E-state index in [2.05, 4.69) is 5.10 Å². The molecule has 0 aliphatic heterocycles. The number of methoxy groups -OCH3 is 1. The van der Waals surface area contributed by atoms with Crippen molar-refractivity contribution in [3.8, 4) is 11.5 Å². The zero-order valence-electron chi connectivity index (χ0n) is 11.9. The monoisotopic (exact) mass is 284 g/mol. The lowest BCUT2D eigenvalue weighted by atomic mass is 10.1. The molecule has 0 aliphatic carbocycles. The molecule has 0 saturated carbocycles. The summed E-state index contributed by atoms with van der Waals surface area (Å²) in [5.74, 6) is 5.45. The van der Waals surface area contributed by atoms with Gasteiger partial charge < -0.3 is 15.3 Å². The van der Waals surface area contributed by atoms with Crippen LogP contribution < -0.4 is 15.3 Å². The van der Waals surface area contributed by atoms with Crippen molar-refractivity contribution in [2.45, 2.75) is 6.92 Å². The number of ether oxygens (including phenoxy) is 2. The molecule has 0 fully saturated rings. The molecule has 21 heavy (non-hydrogen) atoms. The highest BCUT2D eigenvalue weighted by atomic mass is 16.6. The molecule has 0 heterocycles. The largest absolute Gasteiger partial charge is 0.493 e. The Morgan fingerprint density at radius 1 is 1.14 bits per heavy atom. The van der Waals surface area contributed by atoms with E-state index < -0.39 is 5.97 Å². The lowest BCUT2D eigenvalue weighted by molar-refractivity contribution is 0.0729. The van der Waals surface area contributed by atoms with Crippen LogP contribution in [0.1, 0.15) is 21.5 Å². The molecule has 2 N–H and O–H groups in total. The van der Waals surface area contributed by atoms with Gasteiger partial charge in [-0.2, -0.15) is 5.10 Å². The first kappa shape index (κ1) is 14.6. The Bertz CT molecular complexity index is 664. The second kappa shape index (κ2) is 6.56. The van der Waals surface area contributed by atoms with E-state index in [-0.39, 0.29) is 0 Å². The number of esters is 1. The average Bonchev–Trinajstić information content (AvgIpc) is 2.49. The van der Waals surface area contributed by atoms with Gasteiger partial charge in [0.2, 0.25) is 0 Å². The van der Waals surface area contributed by atoms with Crippen molar-refractivity contribution in [1.82, 2.24) is 0 Å². The molecule has 2 aromatic carbocycles. The Kier molecular flexibility index (Phi) is 4.56. The molecule has 0 spiro atoms. The summed E-state index contributed by atoms with van der Waals surface area (Å²) in [4.78, 5) is 12.1. The standard InChI is InChI=1S/C16H16N2O3/c1-11-3-6-13(7-4-11)16(19)21-14-8-5-12(10-18-17)9-15(14)20-2/h3-10H,17H2,1-2H3. The molecule has 0 saturated heterocycles. The fraction of sp³-hybridized carbons (Fsp3) is 0.125. The van der Waals surface area contributed by atoms with Crippen LogP contribution in [0.25, 0.3) is 0 Å². The SMILES string of the molecule is COc1cc(C=NN)ccc1OC(=O)c1ccc(C)cc1. The molecule has 0 bridgehead atoms. The van der Waals surface area contributed by atoms with E-state index in [4.69, 9.17) is 15.3 Å². The van der Waals surface area contributed by atoms with Gasteiger partial charge in [0, 0.05) is 0 Å². The van der Waals surface area contributed by atoms with E-state index in [1.807, 2.05) is 19.1 Å². The van der Waals surface area contributed by atoms with Crippen LogP contribution in [0.2, 0.25) is 0 Å². The van der Waals surface area contributed by atoms with Crippen LogP contribution in [0, 0.1) is 6.92 Å². The molecule has 5 heteroatoms. The molecule has 108 valence electrons. The third kappa shape index (κ3) is 3.60. The number of hydrogen-bond donors (Lipinski definition) is 1. The van der Waals surface area contributed by atoms with E-state index in [1.54, 1.807) is 30.3 Å². The summed E-state index contributed by atoms with van der Waals surface area (Å²) in [7, 11) is 1.50. The van der Waals surface area contributed by atoms with Crippen LogP contribution in [0.4, 0.5) is 0 Å². The van der Waals surface area contributed by atoms with Gasteiger partial charge in [0.15, 0.2) is 11.5 Å². The Balaban J connectivity index is 2.22. The first-order chi connectivity index (χ1) is 10.1. The maximum atomic E-state index is 12.1. The van der Waals surface area contributed by atoms with Crippen LogP contribution in [0.3, 0.4) is 0 Å². The van der Waals surface area contributed by atoms with E-state index >= 15 is 0 Å². The number of carbonyl (C=O) groups excluding carboxylic acids is 1. The first-order valence-corrected chi connectivity index (χ1v) is 6.34. The van der Waals surface area contributed by atoms with Gasteiger partial charge in [-0.05, 0) is 42.8 Å². The van der Waals surface area contributed by atoms with Gasteiger partial charge in [0.1, 0.15) is 0 Å². The zero-order chi connectivity index (χ0) is 15.2. The summed E-state index contributed by atoms with van der Waals surface area (Å²) >= 11 is 0. The fourth-order valence-electron chi connectivity index (χ4n) is 1.78. The van der Waals surface area contributed by atoms with Crippen molar-refractivity contribution in [2.75, 3.05) is 7.11 Å². The van der Waals surface area contributed by atoms with Gasteiger partial charge >= 0.3 is 5.97 Å². The smallest absolute Gasteiger partial charge is 0.343 e.